The van der Waals surface area contributed by atoms with Crippen LogP contribution >= 0.6 is 11.3 Å². The van der Waals surface area contributed by atoms with Crippen LogP contribution in [0, 0.1) is 0 Å². The van der Waals surface area contributed by atoms with Gasteiger partial charge in [0.15, 0.2) is 0 Å². The quantitative estimate of drug-likeness (QED) is 0.826. The van der Waals surface area contributed by atoms with Crippen molar-refractivity contribution in [2.45, 2.75) is 64.8 Å². The second-order valence-electron chi connectivity index (χ2n) is 8.08. The summed E-state index contributed by atoms with van der Waals surface area (Å²) in [5.41, 5.74) is 0.772. The Balaban J connectivity index is 1.96. The Morgan fingerprint density at radius 3 is 2.56 bits per heavy atom. The fourth-order valence-corrected chi connectivity index (χ4v) is 4.19. The molecule has 1 saturated heterocycles. The Morgan fingerprint density at radius 1 is 1.30 bits per heavy atom. The number of carbonyl (C=O) groups excluding carboxylic acids is 2. The van der Waals surface area contributed by atoms with Crippen LogP contribution in [0.15, 0.2) is 5.38 Å². The monoisotopic (exact) mass is 395 g/mol. The van der Waals surface area contributed by atoms with Crippen molar-refractivity contribution >= 4 is 29.1 Å². The summed E-state index contributed by atoms with van der Waals surface area (Å²) in [5.74, 6) is -1.21. The van der Waals surface area contributed by atoms with Crippen LogP contribution in [-0.2, 0) is 26.2 Å². The van der Waals surface area contributed by atoms with Gasteiger partial charge in [0.25, 0.3) is 0 Å². The summed E-state index contributed by atoms with van der Waals surface area (Å²) in [4.78, 5) is 43.3. The predicted molar refractivity (Wildman–Crippen MR) is 104 cm³/mol. The SMILES string of the molecule is CC(=O)N(CC(=O)O)C1CCCN(C(=O)Cc2csc(C(C)(C)C)n2)CC1. The summed E-state index contributed by atoms with van der Waals surface area (Å²) < 4.78 is 0. The highest BCUT2D eigenvalue weighted by molar-refractivity contribution is 7.09. The number of rotatable bonds is 5. The zero-order valence-electron chi connectivity index (χ0n) is 16.5. The molecule has 0 spiro atoms. The number of aliphatic carboxylic acids is 1. The van der Waals surface area contributed by atoms with E-state index in [9.17, 15) is 14.4 Å². The van der Waals surface area contributed by atoms with Gasteiger partial charge in [-0.1, -0.05) is 20.8 Å². The highest BCUT2D eigenvalue weighted by atomic mass is 32.1. The molecule has 1 aliphatic rings. The fraction of sp³-hybridized carbons (Fsp3) is 0.684. The minimum Gasteiger partial charge on any atom is -0.480 e. The van der Waals surface area contributed by atoms with Gasteiger partial charge in [0.05, 0.1) is 17.1 Å². The van der Waals surface area contributed by atoms with Crippen molar-refractivity contribution < 1.29 is 19.5 Å². The Hall–Kier alpha value is -1.96. The van der Waals surface area contributed by atoms with Crippen molar-refractivity contribution in [2.24, 2.45) is 0 Å². The Kier molecular flexibility index (Phi) is 6.97. The van der Waals surface area contributed by atoms with Crippen LogP contribution in [0.5, 0.6) is 0 Å². The molecule has 1 atom stereocenters. The maximum absolute atomic E-state index is 12.7. The van der Waals surface area contributed by atoms with Crippen LogP contribution in [-0.4, -0.2) is 63.4 Å². The summed E-state index contributed by atoms with van der Waals surface area (Å²) in [5, 5.41) is 12.0. The lowest BCUT2D eigenvalue weighted by Crippen LogP contribution is -2.43. The topological polar surface area (TPSA) is 90.8 Å². The van der Waals surface area contributed by atoms with E-state index in [1.165, 1.54) is 11.8 Å². The normalized spacial score (nSPS) is 18.1. The highest BCUT2D eigenvalue weighted by Crippen LogP contribution is 2.26. The summed E-state index contributed by atoms with van der Waals surface area (Å²) >= 11 is 1.58. The van der Waals surface area contributed by atoms with Crippen LogP contribution in [0.4, 0.5) is 0 Å². The van der Waals surface area contributed by atoms with Crippen LogP contribution in [0.3, 0.4) is 0 Å². The largest absolute Gasteiger partial charge is 0.480 e. The lowest BCUT2D eigenvalue weighted by molar-refractivity contribution is -0.145. The van der Waals surface area contributed by atoms with Crippen molar-refractivity contribution in [3.05, 3.63) is 16.1 Å². The molecule has 2 rings (SSSR count). The van der Waals surface area contributed by atoms with Gasteiger partial charge >= 0.3 is 5.97 Å². The number of carboxylic acid groups (broad SMARTS) is 1. The third-order valence-corrected chi connectivity index (χ3v) is 6.04. The van der Waals surface area contributed by atoms with Gasteiger partial charge in [0.1, 0.15) is 6.54 Å². The molecule has 0 bridgehead atoms. The fourth-order valence-electron chi connectivity index (χ4n) is 3.28. The molecule has 0 aromatic carbocycles. The van der Waals surface area contributed by atoms with Gasteiger partial charge in [-0.25, -0.2) is 4.98 Å². The van der Waals surface area contributed by atoms with Crippen LogP contribution < -0.4 is 0 Å². The zero-order chi connectivity index (χ0) is 20.2. The number of amides is 2. The molecule has 1 N–H and O–H groups in total. The third kappa shape index (κ3) is 6.02. The molecule has 8 heteroatoms. The van der Waals surface area contributed by atoms with E-state index in [1.54, 1.807) is 11.3 Å². The first-order valence-corrected chi connectivity index (χ1v) is 10.2. The Morgan fingerprint density at radius 2 is 2.00 bits per heavy atom. The average Bonchev–Trinajstić information content (AvgIpc) is 2.89. The molecule has 2 amide bonds. The van der Waals surface area contributed by atoms with Crippen LogP contribution in [0.2, 0.25) is 0 Å². The summed E-state index contributed by atoms with van der Waals surface area (Å²) in [7, 11) is 0. The number of thiazole rings is 1. The van der Waals surface area contributed by atoms with Crippen LogP contribution in [0.25, 0.3) is 0 Å². The second kappa shape index (κ2) is 8.82. The van der Waals surface area contributed by atoms with E-state index in [0.29, 0.717) is 25.9 Å². The van der Waals surface area contributed by atoms with Gasteiger partial charge in [-0.15, -0.1) is 11.3 Å². The van der Waals surface area contributed by atoms with Crippen molar-refractivity contribution in [3.63, 3.8) is 0 Å². The van der Waals surface area contributed by atoms with Crippen molar-refractivity contribution in [1.29, 1.82) is 0 Å². The number of carboxylic acids is 1. The maximum atomic E-state index is 12.7. The van der Waals surface area contributed by atoms with E-state index >= 15 is 0 Å². The number of nitrogens with zero attached hydrogens (tertiary/aromatic N) is 3. The smallest absolute Gasteiger partial charge is 0.323 e. The lowest BCUT2D eigenvalue weighted by atomic mass is 9.98. The molecule has 150 valence electrons. The molecular weight excluding hydrogens is 366 g/mol. The molecule has 27 heavy (non-hydrogen) atoms. The number of carbonyl (C=O) groups is 3. The molecule has 0 saturated carbocycles. The van der Waals surface area contributed by atoms with Gasteiger partial charge in [-0.3, -0.25) is 14.4 Å². The Labute approximate surface area is 164 Å². The van der Waals surface area contributed by atoms with Gasteiger partial charge < -0.3 is 14.9 Å². The van der Waals surface area contributed by atoms with Gasteiger partial charge in [-0.05, 0) is 19.3 Å². The molecule has 1 fully saturated rings. The minimum absolute atomic E-state index is 0.0257. The highest BCUT2D eigenvalue weighted by Gasteiger charge is 2.28. The lowest BCUT2D eigenvalue weighted by Gasteiger charge is -2.28. The number of aromatic nitrogens is 1. The number of hydrogen-bond acceptors (Lipinski definition) is 5. The van der Waals surface area contributed by atoms with Gasteiger partial charge in [0.2, 0.25) is 11.8 Å². The molecule has 0 radical (unpaired) electrons. The first-order chi connectivity index (χ1) is 12.6. The number of hydrogen-bond donors (Lipinski definition) is 1. The van der Waals surface area contributed by atoms with E-state index in [0.717, 1.165) is 17.1 Å². The second-order valence-corrected chi connectivity index (χ2v) is 8.94. The van der Waals surface area contributed by atoms with Gasteiger partial charge in [-0.2, -0.15) is 0 Å². The molecule has 1 aromatic heterocycles. The zero-order valence-corrected chi connectivity index (χ0v) is 17.3. The third-order valence-electron chi connectivity index (χ3n) is 4.73. The first-order valence-electron chi connectivity index (χ1n) is 9.29. The molecule has 7 nitrogen and oxygen atoms in total. The summed E-state index contributed by atoms with van der Waals surface area (Å²) in [6.07, 6.45) is 2.34. The van der Waals surface area contributed by atoms with E-state index in [1.807, 2.05) is 10.3 Å². The summed E-state index contributed by atoms with van der Waals surface area (Å²) in [6.45, 7) is 8.57. The molecule has 2 heterocycles. The molecule has 0 aliphatic carbocycles. The van der Waals surface area contributed by atoms with E-state index in [4.69, 9.17) is 5.11 Å². The van der Waals surface area contributed by atoms with E-state index in [2.05, 4.69) is 25.8 Å². The Bertz CT molecular complexity index is 695. The van der Waals surface area contributed by atoms with Crippen molar-refractivity contribution in [2.75, 3.05) is 19.6 Å². The number of likely N-dealkylation sites (tertiary alicyclic amines) is 1. The van der Waals surface area contributed by atoms with Crippen LogP contribution in [0.1, 0.15) is 57.7 Å². The maximum Gasteiger partial charge on any atom is 0.323 e. The van der Waals surface area contributed by atoms with E-state index < -0.39 is 5.97 Å². The predicted octanol–water partition coefficient (Wildman–Crippen LogP) is 2.30. The first kappa shape index (κ1) is 21.3. The molecule has 1 aliphatic heterocycles. The minimum atomic E-state index is -1.01. The van der Waals surface area contributed by atoms with Crippen molar-refractivity contribution in [3.8, 4) is 0 Å². The molecular formula is C19H29N3O4S. The average molecular weight is 396 g/mol. The van der Waals surface area contributed by atoms with Gasteiger partial charge in [0, 0.05) is 36.9 Å². The standard InChI is InChI=1S/C19H29N3O4S/c1-13(23)22(11-17(25)26)15-6-5-8-21(9-7-15)16(24)10-14-12-27-18(20-14)19(2,3)4/h12,15H,5-11H2,1-4H3,(H,25,26). The van der Waals surface area contributed by atoms with Crippen molar-refractivity contribution in [1.82, 2.24) is 14.8 Å². The molecule has 1 unspecified atom stereocenters. The summed E-state index contributed by atoms with van der Waals surface area (Å²) in [6, 6.07) is -0.136. The van der Waals surface area contributed by atoms with E-state index in [-0.39, 0.29) is 36.2 Å². The molecule has 1 aromatic rings.